The number of amides is 1. The number of aryl methyl sites for hydroxylation is 1. The maximum absolute atomic E-state index is 12.5. The number of rotatable bonds is 6. The molecule has 0 radical (unpaired) electrons. The Balaban J connectivity index is 1.24. The molecule has 2 heterocycles. The number of carbonyl (C=O) groups is 1. The molecule has 1 amide bonds. The molecule has 4 rings (SSSR count). The van der Waals surface area contributed by atoms with Gasteiger partial charge in [-0.3, -0.25) is 9.69 Å². The van der Waals surface area contributed by atoms with E-state index in [0.717, 1.165) is 42.6 Å². The fourth-order valence-electron chi connectivity index (χ4n) is 3.70. The molecule has 0 saturated carbocycles. The van der Waals surface area contributed by atoms with Crippen molar-refractivity contribution in [2.75, 3.05) is 13.1 Å². The zero-order valence-electron chi connectivity index (χ0n) is 17.0. The Morgan fingerprint density at radius 2 is 1.97 bits per heavy atom. The molecule has 1 saturated heterocycles. The van der Waals surface area contributed by atoms with Gasteiger partial charge in [-0.25, -0.2) is 0 Å². The average Bonchev–Trinajstić information content (AvgIpc) is 3.22. The zero-order chi connectivity index (χ0) is 20.9. The standard InChI is InChI=1S/C23H25ClN4O2/c1-16-3-2-4-19(13-16)22-26-21(30-27-22)15-28-11-9-18(10-12-28)23(29)25-14-17-5-7-20(24)8-6-17/h2-8,13,18H,9-12,14-15H2,1H3,(H,25,29). The molecule has 0 spiro atoms. The molecule has 1 aliphatic heterocycles. The van der Waals surface area contributed by atoms with Crippen molar-refractivity contribution in [1.82, 2.24) is 20.4 Å². The largest absolute Gasteiger partial charge is 0.352 e. The van der Waals surface area contributed by atoms with E-state index in [0.29, 0.717) is 29.8 Å². The summed E-state index contributed by atoms with van der Waals surface area (Å²) in [5.41, 5.74) is 3.17. The number of carbonyl (C=O) groups excluding carboxylic acids is 1. The number of hydrogen-bond donors (Lipinski definition) is 1. The molecule has 1 aromatic heterocycles. The van der Waals surface area contributed by atoms with E-state index < -0.39 is 0 Å². The van der Waals surface area contributed by atoms with Crippen LogP contribution in [0.3, 0.4) is 0 Å². The van der Waals surface area contributed by atoms with Gasteiger partial charge < -0.3 is 9.84 Å². The molecule has 1 aliphatic rings. The van der Waals surface area contributed by atoms with Crippen LogP contribution in [-0.4, -0.2) is 34.0 Å². The summed E-state index contributed by atoms with van der Waals surface area (Å²) >= 11 is 5.90. The van der Waals surface area contributed by atoms with E-state index in [1.54, 1.807) is 0 Å². The highest BCUT2D eigenvalue weighted by Gasteiger charge is 2.25. The van der Waals surface area contributed by atoms with Crippen LogP contribution in [0.25, 0.3) is 11.4 Å². The van der Waals surface area contributed by atoms with E-state index in [4.69, 9.17) is 16.1 Å². The molecule has 0 atom stereocenters. The molecule has 0 bridgehead atoms. The van der Waals surface area contributed by atoms with Gasteiger partial charge in [0.2, 0.25) is 17.6 Å². The van der Waals surface area contributed by atoms with Gasteiger partial charge in [0, 0.05) is 23.0 Å². The lowest BCUT2D eigenvalue weighted by Crippen LogP contribution is -2.40. The minimum atomic E-state index is 0.0408. The van der Waals surface area contributed by atoms with Crippen molar-refractivity contribution in [3.05, 3.63) is 70.6 Å². The van der Waals surface area contributed by atoms with Crippen LogP contribution in [0.15, 0.2) is 53.1 Å². The molecule has 1 N–H and O–H groups in total. The smallest absolute Gasteiger partial charge is 0.241 e. The molecule has 7 heteroatoms. The van der Waals surface area contributed by atoms with Crippen LogP contribution in [0.5, 0.6) is 0 Å². The lowest BCUT2D eigenvalue weighted by molar-refractivity contribution is -0.126. The van der Waals surface area contributed by atoms with Crippen LogP contribution in [0, 0.1) is 12.8 Å². The average molecular weight is 425 g/mol. The highest BCUT2D eigenvalue weighted by atomic mass is 35.5. The van der Waals surface area contributed by atoms with E-state index in [1.165, 1.54) is 0 Å². The Morgan fingerprint density at radius 1 is 1.20 bits per heavy atom. The first-order valence-electron chi connectivity index (χ1n) is 10.2. The highest BCUT2D eigenvalue weighted by molar-refractivity contribution is 6.30. The highest BCUT2D eigenvalue weighted by Crippen LogP contribution is 2.21. The van der Waals surface area contributed by atoms with Crippen molar-refractivity contribution in [1.29, 1.82) is 0 Å². The van der Waals surface area contributed by atoms with E-state index in [-0.39, 0.29) is 11.8 Å². The van der Waals surface area contributed by atoms with Crippen LogP contribution in [0.1, 0.15) is 29.9 Å². The zero-order valence-corrected chi connectivity index (χ0v) is 17.7. The number of hydrogen-bond acceptors (Lipinski definition) is 5. The summed E-state index contributed by atoms with van der Waals surface area (Å²) in [4.78, 5) is 19.3. The Kier molecular flexibility index (Phi) is 6.45. The molecule has 0 unspecified atom stereocenters. The molecule has 156 valence electrons. The Hall–Kier alpha value is -2.70. The Bertz CT molecular complexity index is 994. The second-order valence-electron chi connectivity index (χ2n) is 7.78. The molecule has 1 fully saturated rings. The van der Waals surface area contributed by atoms with Crippen molar-refractivity contribution in [2.24, 2.45) is 5.92 Å². The van der Waals surface area contributed by atoms with Gasteiger partial charge >= 0.3 is 0 Å². The van der Waals surface area contributed by atoms with Crippen molar-refractivity contribution in [3.63, 3.8) is 0 Å². The molecule has 0 aliphatic carbocycles. The van der Waals surface area contributed by atoms with Gasteiger partial charge in [-0.2, -0.15) is 4.98 Å². The normalized spacial score (nSPS) is 15.3. The topological polar surface area (TPSA) is 71.3 Å². The van der Waals surface area contributed by atoms with E-state index in [1.807, 2.05) is 55.5 Å². The predicted molar refractivity (Wildman–Crippen MR) is 116 cm³/mol. The first-order chi connectivity index (χ1) is 14.6. The number of piperidine rings is 1. The summed E-state index contributed by atoms with van der Waals surface area (Å²) in [6.45, 7) is 4.85. The lowest BCUT2D eigenvalue weighted by atomic mass is 9.96. The van der Waals surface area contributed by atoms with Crippen LogP contribution in [0.2, 0.25) is 5.02 Å². The summed E-state index contributed by atoms with van der Waals surface area (Å²) in [5.74, 6) is 1.38. The Morgan fingerprint density at radius 3 is 2.70 bits per heavy atom. The van der Waals surface area contributed by atoms with Crippen LogP contribution >= 0.6 is 11.6 Å². The molecular weight excluding hydrogens is 400 g/mol. The third kappa shape index (κ3) is 5.26. The number of halogens is 1. The third-order valence-corrected chi connectivity index (χ3v) is 5.69. The summed E-state index contributed by atoms with van der Waals surface area (Å²) in [5, 5.41) is 7.85. The monoisotopic (exact) mass is 424 g/mol. The fourth-order valence-corrected chi connectivity index (χ4v) is 3.83. The van der Waals surface area contributed by atoms with Gasteiger partial charge in [0.1, 0.15) is 0 Å². The number of likely N-dealkylation sites (tertiary alicyclic amines) is 1. The van der Waals surface area contributed by atoms with E-state index >= 15 is 0 Å². The quantitative estimate of drug-likeness (QED) is 0.641. The summed E-state index contributed by atoms with van der Waals surface area (Å²) < 4.78 is 5.44. The second-order valence-corrected chi connectivity index (χ2v) is 8.21. The third-order valence-electron chi connectivity index (χ3n) is 5.44. The summed E-state index contributed by atoms with van der Waals surface area (Å²) in [6, 6.07) is 15.6. The minimum Gasteiger partial charge on any atom is -0.352 e. The molecule has 3 aromatic rings. The molecule has 6 nitrogen and oxygen atoms in total. The number of aromatic nitrogens is 2. The number of nitrogens with zero attached hydrogens (tertiary/aromatic N) is 3. The van der Waals surface area contributed by atoms with Gasteiger partial charge in [-0.15, -0.1) is 0 Å². The van der Waals surface area contributed by atoms with Gasteiger partial charge in [0.05, 0.1) is 6.54 Å². The van der Waals surface area contributed by atoms with Crippen molar-refractivity contribution in [2.45, 2.75) is 32.9 Å². The van der Waals surface area contributed by atoms with E-state index in [9.17, 15) is 4.79 Å². The summed E-state index contributed by atoms with van der Waals surface area (Å²) in [7, 11) is 0. The maximum atomic E-state index is 12.5. The predicted octanol–water partition coefficient (Wildman–Crippen LogP) is 4.23. The van der Waals surface area contributed by atoms with Crippen molar-refractivity contribution in [3.8, 4) is 11.4 Å². The maximum Gasteiger partial charge on any atom is 0.241 e. The molecule has 2 aromatic carbocycles. The van der Waals surface area contributed by atoms with Crippen LogP contribution in [-0.2, 0) is 17.9 Å². The van der Waals surface area contributed by atoms with E-state index in [2.05, 4.69) is 20.4 Å². The summed E-state index contributed by atoms with van der Waals surface area (Å²) in [6.07, 6.45) is 1.65. The second kappa shape index (κ2) is 9.41. The van der Waals surface area contributed by atoms with Gasteiger partial charge in [-0.1, -0.05) is 52.7 Å². The van der Waals surface area contributed by atoms with Crippen molar-refractivity contribution >= 4 is 17.5 Å². The fraction of sp³-hybridized carbons (Fsp3) is 0.348. The Labute approximate surface area is 181 Å². The van der Waals surface area contributed by atoms with Crippen LogP contribution < -0.4 is 5.32 Å². The number of nitrogens with one attached hydrogen (secondary N) is 1. The van der Waals surface area contributed by atoms with Gasteiger partial charge in [0.25, 0.3) is 0 Å². The molecular formula is C23H25ClN4O2. The van der Waals surface area contributed by atoms with Gasteiger partial charge in [0.15, 0.2) is 0 Å². The lowest BCUT2D eigenvalue weighted by Gasteiger charge is -2.30. The first-order valence-corrected chi connectivity index (χ1v) is 10.6. The van der Waals surface area contributed by atoms with Crippen molar-refractivity contribution < 1.29 is 9.32 Å². The molecule has 30 heavy (non-hydrogen) atoms. The minimum absolute atomic E-state index is 0.0408. The van der Waals surface area contributed by atoms with Crippen LogP contribution in [0.4, 0.5) is 0 Å². The first kappa shape index (κ1) is 20.6. The van der Waals surface area contributed by atoms with Gasteiger partial charge in [-0.05, 0) is 56.6 Å². The SMILES string of the molecule is Cc1cccc(-c2noc(CN3CCC(C(=O)NCc4ccc(Cl)cc4)CC3)n2)c1. The number of benzene rings is 2.